The van der Waals surface area contributed by atoms with E-state index in [0.717, 1.165) is 18.9 Å². The number of hydrogen-bond donors (Lipinski definition) is 2. The van der Waals surface area contributed by atoms with Gasteiger partial charge in [-0.3, -0.25) is 11.3 Å². The number of ether oxygens (including phenoxy) is 1. The minimum atomic E-state index is -0.605. The fraction of sp³-hybridized carbons (Fsp3) is 0.500. The molecule has 0 aromatic heterocycles. The largest absolute Gasteiger partial charge is 0.373 e. The molecule has 2 rings (SSSR count). The van der Waals surface area contributed by atoms with E-state index in [1.807, 2.05) is 6.92 Å². The smallest absolute Gasteiger partial charge is 0.126 e. The number of hydrazine groups is 1. The lowest BCUT2D eigenvalue weighted by molar-refractivity contribution is 0.0315. The maximum atomic E-state index is 13.1. The first kappa shape index (κ1) is 12.4. The molecule has 3 unspecified atom stereocenters. The van der Waals surface area contributed by atoms with Gasteiger partial charge in [-0.05, 0) is 37.5 Å². The quantitative estimate of drug-likeness (QED) is 0.630. The lowest BCUT2D eigenvalue weighted by Gasteiger charge is -2.23. The van der Waals surface area contributed by atoms with E-state index in [0.29, 0.717) is 5.56 Å². The Morgan fingerprint density at radius 2 is 1.94 bits per heavy atom. The summed E-state index contributed by atoms with van der Waals surface area (Å²) in [6.45, 7) is 1.97. The maximum Gasteiger partial charge on any atom is 0.126 e. The van der Waals surface area contributed by atoms with Crippen LogP contribution in [0.15, 0.2) is 18.2 Å². The first-order valence-electron chi connectivity index (χ1n) is 5.67. The fourth-order valence-corrected chi connectivity index (χ4v) is 2.25. The first-order chi connectivity index (χ1) is 8.10. The van der Waals surface area contributed by atoms with Crippen molar-refractivity contribution in [3.63, 3.8) is 0 Å². The normalized spacial score (nSPS) is 26.1. The number of hydrogen-bond acceptors (Lipinski definition) is 3. The van der Waals surface area contributed by atoms with Gasteiger partial charge in [0, 0.05) is 6.07 Å². The monoisotopic (exact) mass is 242 g/mol. The van der Waals surface area contributed by atoms with Crippen molar-refractivity contribution in [3.8, 4) is 0 Å². The molecule has 17 heavy (non-hydrogen) atoms. The average molecular weight is 242 g/mol. The van der Waals surface area contributed by atoms with Crippen LogP contribution in [0.2, 0.25) is 0 Å². The van der Waals surface area contributed by atoms with Crippen LogP contribution < -0.4 is 11.3 Å². The molecular formula is C12H16F2N2O. The van der Waals surface area contributed by atoms with Crippen LogP contribution in [0.3, 0.4) is 0 Å². The maximum absolute atomic E-state index is 13.1. The van der Waals surface area contributed by atoms with Gasteiger partial charge in [0.05, 0.1) is 18.2 Å². The van der Waals surface area contributed by atoms with Gasteiger partial charge >= 0.3 is 0 Å². The van der Waals surface area contributed by atoms with Crippen LogP contribution in [0.5, 0.6) is 0 Å². The average Bonchev–Trinajstić information content (AvgIpc) is 2.64. The number of nitrogens with two attached hydrogens (primary N) is 1. The summed E-state index contributed by atoms with van der Waals surface area (Å²) >= 11 is 0. The summed E-state index contributed by atoms with van der Waals surface area (Å²) in [5.74, 6) is 4.24. The number of nitrogens with one attached hydrogen (secondary N) is 1. The van der Waals surface area contributed by atoms with Gasteiger partial charge in [0.25, 0.3) is 0 Å². The zero-order chi connectivity index (χ0) is 12.4. The van der Waals surface area contributed by atoms with E-state index in [-0.39, 0.29) is 18.2 Å². The molecule has 1 fully saturated rings. The highest BCUT2D eigenvalue weighted by Gasteiger charge is 2.30. The SMILES string of the molecule is CC1CCC(C(NN)c2cc(F)cc(F)c2)O1. The summed E-state index contributed by atoms with van der Waals surface area (Å²) in [4.78, 5) is 0. The molecule has 0 saturated carbocycles. The molecule has 0 bridgehead atoms. The summed E-state index contributed by atoms with van der Waals surface area (Å²) in [7, 11) is 0. The van der Waals surface area contributed by atoms with Crippen LogP contribution in [0.4, 0.5) is 8.78 Å². The molecule has 1 heterocycles. The zero-order valence-corrected chi connectivity index (χ0v) is 9.62. The molecule has 3 nitrogen and oxygen atoms in total. The van der Waals surface area contributed by atoms with Gasteiger partial charge < -0.3 is 4.74 Å². The van der Waals surface area contributed by atoms with Gasteiger partial charge in [-0.25, -0.2) is 8.78 Å². The molecule has 1 aliphatic rings. The summed E-state index contributed by atoms with van der Waals surface area (Å²) in [6.07, 6.45) is 1.78. The van der Waals surface area contributed by atoms with E-state index in [1.165, 1.54) is 12.1 Å². The van der Waals surface area contributed by atoms with Gasteiger partial charge in [0.15, 0.2) is 0 Å². The summed E-state index contributed by atoms with van der Waals surface area (Å²) in [5.41, 5.74) is 3.05. The van der Waals surface area contributed by atoms with Crippen molar-refractivity contribution in [2.45, 2.75) is 38.0 Å². The molecule has 3 atom stereocenters. The van der Waals surface area contributed by atoms with Gasteiger partial charge in [-0.1, -0.05) is 0 Å². The highest BCUT2D eigenvalue weighted by atomic mass is 19.1. The predicted octanol–water partition coefficient (Wildman–Crippen LogP) is 2.04. The first-order valence-corrected chi connectivity index (χ1v) is 5.67. The van der Waals surface area contributed by atoms with E-state index in [1.54, 1.807) is 0 Å². The highest BCUT2D eigenvalue weighted by molar-refractivity contribution is 5.22. The molecule has 0 radical (unpaired) electrons. The van der Waals surface area contributed by atoms with E-state index >= 15 is 0 Å². The summed E-state index contributed by atoms with van der Waals surface area (Å²) < 4.78 is 31.9. The molecule has 0 amide bonds. The summed E-state index contributed by atoms with van der Waals surface area (Å²) in [6, 6.07) is 3.01. The van der Waals surface area contributed by atoms with Crippen LogP contribution in [0.1, 0.15) is 31.4 Å². The summed E-state index contributed by atoms with van der Waals surface area (Å²) in [5, 5.41) is 0. The van der Waals surface area contributed by atoms with E-state index < -0.39 is 11.6 Å². The zero-order valence-electron chi connectivity index (χ0n) is 9.62. The lowest BCUT2D eigenvalue weighted by atomic mass is 9.99. The van der Waals surface area contributed by atoms with Crippen LogP contribution in [0.25, 0.3) is 0 Å². The number of benzene rings is 1. The van der Waals surface area contributed by atoms with Crippen molar-refractivity contribution >= 4 is 0 Å². The Morgan fingerprint density at radius 1 is 1.29 bits per heavy atom. The molecule has 5 heteroatoms. The minimum Gasteiger partial charge on any atom is -0.373 e. The predicted molar refractivity (Wildman–Crippen MR) is 60.0 cm³/mol. The Hall–Kier alpha value is -1.04. The molecule has 0 spiro atoms. The number of halogens is 2. The Labute approximate surface area is 98.9 Å². The fourth-order valence-electron chi connectivity index (χ4n) is 2.25. The van der Waals surface area contributed by atoms with Gasteiger partial charge in [-0.2, -0.15) is 0 Å². The standard InChI is InChI=1S/C12H16F2N2O/c1-7-2-3-11(17-7)12(16-15)8-4-9(13)6-10(14)5-8/h4-7,11-12,16H,2-3,15H2,1H3. The second kappa shape index (κ2) is 5.08. The third kappa shape index (κ3) is 2.80. The third-order valence-corrected chi connectivity index (χ3v) is 3.06. The molecule has 94 valence electrons. The van der Waals surface area contributed by atoms with Gasteiger partial charge in [0.1, 0.15) is 11.6 Å². The van der Waals surface area contributed by atoms with E-state index in [4.69, 9.17) is 10.6 Å². The third-order valence-electron chi connectivity index (χ3n) is 3.06. The van der Waals surface area contributed by atoms with Crippen molar-refractivity contribution in [1.29, 1.82) is 0 Å². The van der Waals surface area contributed by atoms with Gasteiger partial charge in [-0.15, -0.1) is 0 Å². The Bertz CT molecular complexity index is 380. The molecule has 1 aliphatic heterocycles. The highest BCUT2D eigenvalue weighted by Crippen LogP contribution is 2.30. The van der Waals surface area contributed by atoms with Crippen molar-refractivity contribution in [3.05, 3.63) is 35.4 Å². The van der Waals surface area contributed by atoms with Crippen LogP contribution in [-0.2, 0) is 4.74 Å². The van der Waals surface area contributed by atoms with Crippen molar-refractivity contribution in [1.82, 2.24) is 5.43 Å². The van der Waals surface area contributed by atoms with E-state index in [2.05, 4.69) is 5.43 Å². The minimum absolute atomic E-state index is 0.142. The van der Waals surface area contributed by atoms with Gasteiger partial charge in [0.2, 0.25) is 0 Å². The Morgan fingerprint density at radius 3 is 2.41 bits per heavy atom. The Balaban J connectivity index is 2.22. The molecule has 0 aliphatic carbocycles. The molecule has 3 N–H and O–H groups in total. The van der Waals surface area contributed by atoms with Crippen LogP contribution in [-0.4, -0.2) is 12.2 Å². The van der Waals surface area contributed by atoms with Crippen molar-refractivity contribution < 1.29 is 13.5 Å². The number of rotatable bonds is 3. The van der Waals surface area contributed by atoms with Crippen molar-refractivity contribution in [2.24, 2.45) is 5.84 Å². The second-order valence-electron chi connectivity index (χ2n) is 4.41. The topological polar surface area (TPSA) is 47.3 Å². The molecule has 1 aromatic rings. The van der Waals surface area contributed by atoms with E-state index in [9.17, 15) is 8.78 Å². The van der Waals surface area contributed by atoms with Crippen molar-refractivity contribution in [2.75, 3.05) is 0 Å². The van der Waals surface area contributed by atoms with Crippen LogP contribution >= 0.6 is 0 Å². The lowest BCUT2D eigenvalue weighted by Crippen LogP contribution is -2.36. The van der Waals surface area contributed by atoms with Crippen LogP contribution in [0, 0.1) is 11.6 Å². The molecule has 1 saturated heterocycles. The Kier molecular flexibility index (Phi) is 3.71. The molecule has 1 aromatic carbocycles. The second-order valence-corrected chi connectivity index (χ2v) is 4.41. The molecular weight excluding hydrogens is 226 g/mol.